The smallest absolute Gasteiger partial charge is 0.407 e. The van der Waals surface area contributed by atoms with Crippen LogP contribution in [0.4, 0.5) is 19.7 Å². The van der Waals surface area contributed by atoms with Crippen LogP contribution in [-0.2, 0) is 9.53 Å². The summed E-state index contributed by atoms with van der Waals surface area (Å²) in [4.78, 5) is 41.3. The van der Waals surface area contributed by atoms with Crippen LogP contribution < -0.4 is 15.5 Å². The van der Waals surface area contributed by atoms with Crippen molar-refractivity contribution in [1.29, 1.82) is 0 Å². The van der Waals surface area contributed by atoms with Crippen LogP contribution in [0.25, 0.3) is 0 Å². The highest BCUT2D eigenvalue weighted by Crippen LogP contribution is 2.30. The quantitative estimate of drug-likeness (QED) is 0.714. The predicted octanol–water partition coefficient (Wildman–Crippen LogP) is 1.63. The van der Waals surface area contributed by atoms with Gasteiger partial charge in [-0.2, -0.15) is 0 Å². The van der Waals surface area contributed by atoms with Gasteiger partial charge in [0, 0.05) is 50.7 Å². The van der Waals surface area contributed by atoms with Gasteiger partial charge in [-0.1, -0.05) is 6.07 Å². The number of nitrogens with zero attached hydrogens (tertiary/aromatic N) is 3. The second kappa shape index (κ2) is 9.07. The van der Waals surface area contributed by atoms with Crippen molar-refractivity contribution in [3.05, 3.63) is 29.6 Å². The third kappa shape index (κ3) is 4.69. The van der Waals surface area contributed by atoms with Crippen molar-refractivity contribution in [2.75, 3.05) is 50.7 Å². The Labute approximate surface area is 192 Å². The van der Waals surface area contributed by atoms with Gasteiger partial charge in [0.05, 0.1) is 19.1 Å². The predicted molar refractivity (Wildman–Crippen MR) is 119 cm³/mol. The Balaban J connectivity index is 1.03. The number of piperidine rings is 1. The molecular formula is C23H30FN5O4. The number of anilines is 1. The third-order valence-corrected chi connectivity index (χ3v) is 7.03. The van der Waals surface area contributed by atoms with Gasteiger partial charge in [0.15, 0.2) is 0 Å². The van der Waals surface area contributed by atoms with E-state index in [1.165, 1.54) is 6.07 Å². The van der Waals surface area contributed by atoms with Gasteiger partial charge in [0.25, 0.3) is 0 Å². The van der Waals surface area contributed by atoms with Gasteiger partial charge in [-0.3, -0.25) is 4.79 Å². The van der Waals surface area contributed by atoms with E-state index >= 15 is 0 Å². The number of halogens is 1. The number of hydrogen-bond donors (Lipinski definition) is 2. The maximum Gasteiger partial charge on any atom is 0.407 e. The molecule has 4 aliphatic heterocycles. The first kappa shape index (κ1) is 21.8. The molecule has 0 spiro atoms. The van der Waals surface area contributed by atoms with Crippen LogP contribution in [-0.4, -0.2) is 85.8 Å². The molecule has 5 rings (SSSR count). The molecular weight excluding hydrogens is 429 g/mol. The number of benzene rings is 1. The lowest BCUT2D eigenvalue weighted by molar-refractivity contribution is -0.122. The van der Waals surface area contributed by atoms with Crippen LogP contribution in [0.15, 0.2) is 18.2 Å². The first-order chi connectivity index (χ1) is 16.0. The lowest BCUT2D eigenvalue weighted by atomic mass is 9.90. The topological polar surface area (TPSA) is 94.2 Å². The molecule has 33 heavy (non-hydrogen) atoms. The van der Waals surface area contributed by atoms with Gasteiger partial charge in [-0.25, -0.2) is 14.0 Å². The third-order valence-electron chi connectivity index (χ3n) is 7.03. The van der Waals surface area contributed by atoms with Crippen LogP contribution in [0, 0.1) is 5.82 Å². The van der Waals surface area contributed by atoms with E-state index in [-0.39, 0.29) is 35.8 Å². The van der Waals surface area contributed by atoms with E-state index in [1.54, 1.807) is 11.0 Å². The van der Waals surface area contributed by atoms with E-state index in [0.29, 0.717) is 51.1 Å². The fraction of sp³-hybridized carbons (Fsp3) is 0.609. The summed E-state index contributed by atoms with van der Waals surface area (Å²) in [5, 5.41) is 5.64. The van der Waals surface area contributed by atoms with Gasteiger partial charge in [-0.15, -0.1) is 0 Å². The fourth-order valence-electron chi connectivity index (χ4n) is 4.95. The number of ether oxygens (including phenoxy) is 1. The van der Waals surface area contributed by atoms with Crippen LogP contribution in [0.1, 0.15) is 37.2 Å². The lowest BCUT2D eigenvalue weighted by Crippen LogP contribution is -2.62. The number of carbonyl (C=O) groups is 3. The molecule has 0 aromatic heterocycles. The molecule has 0 aliphatic carbocycles. The number of amides is 4. The van der Waals surface area contributed by atoms with Crippen LogP contribution in [0.2, 0.25) is 0 Å². The van der Waals surface area contributed by atoms with Crippen molar-refractivity contribution < 1.29 is 23.5 Å². The van der Waals surface area contributed by atoms with E-state index in [1.807, 2.05) is 15.9 Å². The molecule has 4 aliphatic rings. The van der Waals surface area contributed by atoms with Crippen LogP contribution in [0.5, 0.6) is 0 Å². The van der Waals surface area contributed by atoms with Gasteiger partial charge >= 0.3 is 12.1 Å². The lowest BCUT2D eigenvalue weighted by Gasteiger charge is -2.43. The highest BCUT2D eigenvalue weighted by molar-refractivity contribution is 5.77. The van der Waals surface area contributed by atoms with E-state index in [4.69, 9.17) is 4.74 Å². The zero-order chi connectivity index (χ0) is 22.9. The minimum absolute atomic E-state index is 0.00500. The van der Waals surface area contributed by atoms with E-state index in [2.05, 4.69) is 10.6 Å². The highest BCUT2D eigenvalue weighted by atomic mass is 19.1. The molecule has 9 nitrogen and oxygen atoms in total. The summed E-state index contributed by atoms with van der Waals surface area (Å²) in [6, 6.07) is 5.20. The number of urea groups is 1. The second-order valence-corrected chi connectivity index (χ2v) is 9.40. The Morgan fingerprint density at radius 3 is 2.52 bits per heavy atom. The molecule has 10 heteroatoms. The standard InChI is InChI=1S/C23H30FN5O4/c24-20-9-17(4-5-19(20)15-3-6-21(30)25-10-15)28-11-16(12-28)26-22(31)33-18-13-29(14-18)23(32)27-7-1-2-8-27/h4-5,9,15-16,18H,1-3,6-8,10-14H2,(H,25,30)(H,26,31). The monoisotopic (exact) mass is 459 g/mol. The number of hydrogen-bond acceptors (Lipinski definition) is 5. The molecule has 1 aromatic rings. The summed E-state index contributed by atoms with van der Waals surface area (Å²) in [5.74, 6) is -0.237. The van der Waals surface area contributed by atoms with Crippen molar-refractivity contribution in [3.63, 3.8) is 0 Å². The molecule has 2 N–H and O–H groups in total. The number of nitrogens with one attached hydrogen (secondary N) is 2. The summed E-state index contributed by atoms with van der Waals surface area (Å²) < 4.78 is 20.1. The second-order valence-electron chi connectivity index (χ2n) is 9.40. The van der Waals surface area contributed by atoms with E-state index in [9.17, 15) is 18.8 Å². The summed E-state index contributed by atoms with van der Waals surface area (Å²) in [6.45, 7) is 4.13. The maximum absolute atomic E-state index is 14.7. The summed E-state index contributed by atoms with van der Waals surface area (Å²) in [6.07, 6.45) is 2.45. The summed E-state index contributed by atoms with van der Waals surface area (Å²) in [5.41, 5.74) is 1.41. The average molecular weight is 460 g/mol. The van der Waals surface area contributed by atoms with Crippen molar-refractivity contribution in [2.24, 2.45) is 0 Å². The zero-order valence-electron chi connectivity index (χ0n) is 18.6. The molecule has 0 saturated carbocycles. The molecule has 4 amide bonds. The van der Waals surface area contributed by atoms with Gasteiger partial charge in [0.1, 0.15) is 11.9 Å². The number of likely N-dealkylation sites (tertiary alicyclic amines) is 2. The van der Waals surface area contributed by atoms with Gasteiger partial charge in [0.2, 0.25) is 5.91 Å². The fourth-order valence-corrected chi connectivity index (χ4v) is 4.95. The van der Waals surface area contributed by atoms with Crippen molar-refractivity contribution in [1.82, 2.24) is 20.4 Å². The van der Waals surface area contributed by atoms with Crippen molar-refractivity contribution in [3.8, 4) is 0 Å². The highest BCUT2D eigenvalue weighted by Gasteiger charge is 2.37. The van der Waals surface area contributed by atoms with Crippen LogP contribution >= 0.6 is 0 Å². The summed E-state index contributed by atoms with van der Waals surface area (Å²) >= 11 is 0. The Kier molecular flexibility index (Phi) is 5.99. The van der Waals surface area contributed by atoms with Crippen molar-refractivity contribution in [2.45, 2.75) is 43.7 Å². The van der Waals surface area contributed by atoms with E-state index in [0.717, 1.165) is 31.6 Å². The SMILES string of the molecule is O=C1CCC(c2ccc(N3CC(NC(=O)OC4CN(C(=O)N5CCCC5)C4)C3)cc2F)CN1. The molecule has 0 bridgehead atoms. The Morgan fingerprint density at radius 2 is 1.85 bits per heavy atom. The Morgan fingerprint density at radius 1 is 1.09 bits per heavy atom. The molecule has 4 saturated heterocycles. The first-order valence-electron chi connectivity index (χ1n) is 11.8. The molecule has 1 unspecified atom stereocenters. The minimum atomic E-state index is -0.473. The molecule has 4 fully saturated rings. The maximum atomic E-state index is 14.7. The Hall–Kier alpha value is -3.04. The number of carbonyl (C=O) groups excluding carboxylic acids is 3. The van der Waals surface area contributed by atoms with Gasteiger partial charge < -0.3 is 30.1 Å². The van der Waals surface area contributed by atoms with Crippen molar-refractivity contribution >= 4 is 23.7 Å². The average Bonchev–Trinajstić information content (AvgIpc) is 3.28. The number of rotatable bonds is 4. The number of alkyl carbamates (subject to hydrolysis) is 1. The largest absolute Gasteiger partial charge is 0.442 e. The Bertz CT molecular complexity index is 915. The molecule has 4 heterocycles. The molecule has 178 valence electrons. The normalized spacial score (nSPS) is 23.6. The molecule has 1 aromatic carbocycles. The van der Waals surface area contributed by atoms with Gasteiger partial charge in [-0.05, 0) is 37.0 Å². The van der Waals surface area contributed by atoms with Crippen LogP contribution in [0.3, 0.4) is 0 Å². The zero-order valence-corrected chi connectivity index (χ0v) is 18.6. The first-order valence-corrected chi connectivity index (χ1v) is 11.8. The molecule has 1 atom stereocenters. The minimum Gasteiger partial charge on any atom is -0.442 e. The van der Waals surface area contributed by atoms with E-state index < -0.39 is 6.09 Å². The molecule has 0 radical (unpaired) electrons. The summed E-state index contributed by atoms with van der Waals surface area (Å²) in [7, 11) is 0.